The Balaban J connectivity index is 1.41. The van der Waals surface area contributed by atoms with Gasteiger partial charge in [-0.2, -0.15) is 0 Å². The molecule has 0 aliphatic carbocycles. The van der Waals surface area contributed by atoms with Crippen molar-refractivity contribution in [1.82, 2.24) is 10.3 Å². The molecule has 128 valence electrons. The summed E-state index contributed by atoms with van der Waals surface area (Å²) < 4.78 is 5.37. The zero-order chi connectivity index (χ0) is 17.1. The smallest absolute Gasteiger partial charge is 0.251 e. The number of aromatic amines is 1. The number of nitrogens with zero attached hydrogens (tertiary/aromatic N) is 1. The van der Waals surface area contributed by atoms with Crippen molar-refractivity contribution in [3.05, 3.63) is 65.9 Å². The van der Waals surface area contributed by atoms with Crippen LogP contribution in [-0.4, -0.2) is 37.2 Å². The lowest BCUT2D eigenvalue weighted by Crippen LogP contribution is -2.36. The number of hydrogen-bond donors (Lipinski definition) is 2. The summed E-state index contributed by atoms with van der Waals surface area (Å²) in [4.78, 5) is 17.9. The highest BCUT2D eigenvalue weighted by atomic mass is 16.5. The molecule has 0 spiro atoms. The van der Waals surface area contributed by atoms with Crippen molar-refractivity contribution in [2.45, 2.75) is 6.54 Å². The van der Waals surface area contributed by atoms with E-state index < -0.39 is 0 Å². The maximum Gasteiger partial charge on any atom is 0.251 e. The fraction of sp³-hybridized carbons (Fsp3) is 0.250. The van der Waals surface area contributed by atoms with Crippen LogP contribution in [0.2, 0.25) is 0 Å². The molecule has 0 saturated carbocycles. The SMILES string of the molecule is O=C(NCc1cccc2[nH]ccc12)c1ccc(N2CCOCC2)cc1. The minimum atomic E-state index is -0.0546. The van der Waals surface area contributed by atoms with Gasteiger partial charge >= 0.3 is 0 Å². The van der Waals surface area contributed by atoms with Gasteiger partial charge in [0.1, 0.15) is 0 Å². The second kappa shape index (κ2) is 6.99. The molecule has 0 unspecified atom stereocenters. The van der Waals surface area contributed by atoms with E-state index in [2.05, 4.69) is 15.2 Å². The maximum atomic E-state index is 12.4. The molecule has 2 heterocycles. The Hall–Kier alpha value is -2.79. The number of H-pyrrole nitrogens is 1. The molecular weight excluding hydrogens is 314 g/mol. The first-order valence-electron chi connectivity index (χ1n) is 8.57. The fourth-order valence-electron chi connectivity index (χ4n) is 3.23. The third kappa shape index (κ3) is 3.37. The number of ether oxygens (including phenoxy) is 1. The van der Waals surface area contributed by atoms with Crippen LogP contribution in [0.3, 0.4) is 0 Å². The first kappa shape index (κ1) is 15.7. The molecule has 25 heavy (non-hydrogen) atoms. The number of carbonyl (C=O) groups excluding carboxylic acids is 1. The van der Waals surface area contributed by atoms with E-state index in [0.717, 1.165) is 48.5 Å². The van der Waals surface area contributed by atoms with E-state index in [1.54, 1.807) is 0 Å². The van der Waals surface area contributed by atoms with Gasteiger partial charge in [-0.05, 0) is 42.0 Å². The molecule has 3 aromatic rings. The Bertz CT molecular complexity index is 864. The van der Waals surface area contributed by atoms with Crippen LogP contribution in [0.5, 0.6) is 0 Å². The molecule has 5 heteroatoms. The molecule has 2 N–H and O–H groups in total. The summed E-state index contributed by atoms with van der Waals surface area (Å²) in [7, 11) is 0. The van der Waals surface area contributed by atoms with Crippen LogP contribution in [0.25, 0.3) is 10.9 Å². The normalized spacial score (nSPS) is 14.6. The van der Waals surface area contributed by atoms with Gasteiger partial charge in [0.15, 0.2) is 0 Å². The van der Waals surface area contributed by atoms with Crippen molar-refractivity contribution >= 4 is 22.5 Å². The summed E-state index contributed by atoms with van der Waals surface area (Å²) in [6, 6.07) is 15.9. The highest BCUT2D eigenvalue weighted by molar-refractivity contribution is 5.94. The lowest BCUT2D eigenvalue weighted by Gasteiger charge is -2.28. The quantitative estimate of drug-likeness (QED) is 0.771. The van der Waals surface area contributed by atoms with Crippen LogP contribution >= 0.6 is 0 Å². The van der Waals surface area contributed by atoms with Gasteiger partial charge in [0.05, 0.1) is 13.2 Å². The van der Waals surface area contributed by atoms with Crippen molar-refractivity contribution in [3.63, 3.8) is 0 Å². The predicted octanol–water partition coefficient (Wildman–Crippen LogP) is 2.93. The van der Waals surface area contributed by atoms with Crippen LogP contribution in [0.15, 0.2) is 54.7 Å². The number of benzene rings is 2. The third-order valence-corrected chi connectivity index (χ3v) is 4.63. The zero-order valence-electron chi connectivity index (χ0n) is 14.0. The van der Waals surface area contributed by atoms with Crippen LogP contribution in [-0.2, 0) is 11.3 Å². The topological polar surface area (TPSA) is 57.4 Å². The van der Waals surface area contributed by atoms with E-state index >= 15 is 0 Å². The van der Waals surface area contributed by atoms with Gasteiger partial charge in [0.25, 0.3) is 5.91 Å². The number of fused-ring (bicyclic) bond motifs is 1. The van der Waals surface area contributed by atoms with E-state index in [4.69, 9.17) is 4.74 Å². The maximum absolute atomic E-state index is 12.4. The van der Waals surface area contributed by atoms with E-state index in [1.807, 2.05) is 54.7 Å². The van der Waals surface area contributed by atoms with Crippen molar-refractivity contribution < 1.29 is 9.53 Å². The molecule has 1 aliphatic rings. The van der Waals surface area contributed by atoms with E-state index in [9.17, 15) is 4.79 Å². The predicted molar refractivity (Wildman–Crippen MR) is 98.9 cm³/mol. The number of hydrogen-bond acceptors (Lipinski definition) is 3. The minimum absolute atomic E-state index is 0.0546. The van der Waals surface area contributed by atoms with Gasteiger partial charge in [-0.1, -0.05) is 12.1 Å². The number of carbonyl (C=O) groups is 1. The van der Waals surface area contributed by atoms with Crippen molar-refractivity contribution in [2.75, 3.05) is 31.2 Å². The van der Waals surface area contributed by atoms with Crippen LogP contribution in [0.1, 0.15) is 15.9 Å². The summed E-state index contributed by atoms with van der Waals surface area (Å²) in [6.07, 6.45) is 1.92. The molecule has 1 aliphatic heterocycles. The first-order chi connectivity index (χ1) is 12.3. The fourth-order valence-corrected chi connectivity index (χ4v) is 3.23. The molecule has 1 saturated heterocycles. The standard InChI is InChI=1S/C20H21N3O2/c24-20(22-14-16-2-1-3-19-18(16)8-9-21-19)15-4-6-17(7-5-15)23-10-12-25-13-11-23/h1-9,21H,10-14H2,(H,22,24). The highest BCUT2D eigenvalue weighted by Gasteiger charge is 2.12. The lowest BCUT2D eigenvalue weighted by atomic mass is 10.1. The summed E-state index contributed by atoms with van der Waals surface area (Å²) in [5.74, 6) is -0.0546. The number of nitrogens with one attached hydrogen (secondary N) is 2. The van der Waals surface area contributed by atoms with Crippen molar-refractivity contribution in [1.29, 1.82) is 0 Å². The number of rotatable bonds is 4. The highest BCUT2D eigenvalue weighted by Crippen LogP contribution is 2.18. The molecule has 1 aromatic heterocycles. The molecule has 0 bridgehead atoms. The first-order valence-corrected chi connectivity index (χ1v) is 8.57. The Morgan fingerprint density at radius 2 is 1.88 bits per heavy atom. The number of aromatic nitrogens is 1. The molecule has 4 rings (SSSR count). The van der Waals surface area contributed by atoms with Gasteiger partial charge in [-0.15, -0.1) is 0 Å². The van der Waals surface area contributed by atoms with Gasteiger partial charge in [0, 0.05) is 48.0 Å². The van der Waals surface area contributed by atoms with Gasteiger partial charge in [-0.25, -0.2) is 0 Å². The largest absolute Gasteiger partial charge is 0.378 e. The van der Waals surface area contributed by atoms with Crippen molar-refractivity contribution in [3.8, 4) is 0 Å². The Morgan fingerprint density at radius 3 is 2.68 bits per heavy atom. The minimum Gasteiger partial charge on any atom is -0.378 e. The molecule has 1 fully saturated rings. The van der Waals surface area contributed by atoms with Crippen LogP contribution in [0, 0.1) is 0 Å². The third-order valence-electron chi connectivity index (χ3n) is 4.63. The monoisotopic (exact) mass is 335 g/mol. The molecular formula is C20H21N3O2. The average Bonchev–Trinajstić information content (AvgIpc) is 3.16. The van der Waals surface area contributed by atoms with Crippen LogP contribution in [0.4, 0.5) is 5.69 Å². The molecule has 1 amide bonds. The molecule has 2 aromatic carbocycles. The van der Waals surface area contributed by atoms with Crippen molar-refractivity contribution in [2.24, 2.45) is 0 Å². The van der Waals surface area contributed by atoms with Gasteiger partial charge in [-0.3, -0.25) is 4.79 Å². The summed E-state index contributed by atoms with van der Waals surface area (Å²) in [5, 5.41) is 4.15. The number of amides is 1. The van der Waals surface area contributed by atoms with Crippen LogP contribution < -0.4 is 10.2 Å². The molecule has 0 radical (unpaired) electrons. The Kier molecular flexibility index (Phi) is 4.39. The lowest BCUT2D eigenvalue weighted by molar-refractivity contribution is 0.0951. The second-order valence-electron chi connectivity index (χ2n) is 6.19. The Labute approximate surface area is 146 Å². The number of anilines is 1. The Morgan fingerprint density at radius 1 is 1.08 bits per heavy atom. The zero-order valence-corrected chi connectivity index (χ0v) is 14.0. The molecule has 0 atom stereocenters. The van der Waals surface area contributed by atoms with E-state index in [0.29, 0.717) is 12.1 Å². The summed E-state index contributed by atoms with van der Waals surface area (Å²) in [5.41, 5.74) is 4.01. The van der Waals surface area contributed by atoms with E-state index in [-0.39, 0.29) is 5.91 Å². The van der Waals surface area contributed by atoms with Gasteiger partial charge in [0.2, 0.25) is 0 Å². The average molecular weight is 335 g/mol. The van der Waals surface area contributed by atoms with Gasteiger partial charge < -0.3 is 19.9 Å². The summed E-state index contributed by atoms with van der Waals surface area (Å²) in [6.45, 7) is 3.82. The number of morpholine rings is 1. The molecule has 5 nitrogen and oxygen atoms in total. The van der Waals surface area contributed by atoms with E-state index in [1.165, 1.54) is 0 Å². The summed E-state index contributed by atoms with van der Waals surface area (Å²) >= 11 is 0. The second-order valence-corrected chi connectivity index (χ2v) is 6.19.